The third-order valence-corrected chi connectivity index (χ3v) is 3.81. The Morgan fingerprint density at radius 3 is 3.06 bits per heavy atom. The Morgan fingerprint density at radius 2 is 2.38 bits per heavy atom. The summed E-state index contributed by atoms with van der Waals surface area (Å²) in [5.41, 5.74) is 1.93. The third-order valence-electron chi connectivity index (χ3n) is 2.13. The minimum atomic E-state index is -0.827. The first-order valence-electron chi connectivity index (χ1n) is 4.54. The summed E-state index contributed by atoms with van der Waals surface area (Å²) < 4.78 is 3.04. The predicted molar refractivity (Wildman–Crippen MR) is 71.8 cm³/mol. The minimum Gasteiger partial charge on any atom is -0.481 e. The third kappa shape index (κ3) is 2.32. The lowest BCUT2D eigenvalue weighted by Gasteiger charge is -1.99. The number of fused-ring (bicyclic) bond motifs is 1. The number of carbonyl (C=O) groups is 1. The van der Waals surface area contributed by atoms with Gasteiger partial charge in [-0.15, -0.1) is 0 Å². The van der Waals surface area contributed by atoms with Crippen molar-refractivity contribution in [2.24, 2.45) is 7.05 Å². The Hall–Kier alpha value is -0.760. The van der Waals surface area contributed by atoms with Crippen molar-refractivity contribution in [1.29, 1.82) is 0 Å². The van der Waals surface area contributed by atoms with Crippen LogP contribution in [0.4, 0.5) is 0 Å². The van der Waals surface area contributed by atoms with Gasteiger partial charge in [0.25, 0.3) is 0 Å². The minimum absolute atomic E-state index is 0.0360. The number of thioether (sulfide) groups is 1. The fourth-order valence-corrected chi connectivity index (χ4v) is 2.59. The van der Waals surface area contributed by atoms with Crippen LogP contribution in [-0.4, -0.2) is 26.4 Å². The van der Waals surface area contributed by atoms with Gasteiger partial charge in [-0.3, -0.25) is 4.79 Å². The van der Waals surface area contributed by atoms with Gasteiger partial charge in [0.1, 0.15) is 0 Å². The summed E-state index contributed by atoms with van der Waals surface area (Å²) in [6.45, 7) is 0. The average Bonchev–Trinajstić information content (AvgIpc) is 2.52. The van der Waals surface area contributed by atoms with Crippen LogP contribution in [0.1, 0.15) is 0 Å². The maximum Gasteiger partial charge on any atom is 0.313 e. The Balaban J connectivity index is 2.39. The van der Waals surface area contributed by atoms with Crippen molar-refractivity contribution in [3.05, 3.63) is 21.8 Å². The van der Waals surface area contributed by atoms with Gasteiger partial charge in [-0.25, -0.2) is 4.98 Å². The van der Waals surface area contributed by atoms with Crippen molar-refractivity contribution in [1.82, 2.24) is 9.55 Å². The number of nitrogens with zero attached hydrogens (tertiary/aromatic N) is 2. The Morgan fingerprint density at radius 1 is 1.62 bits per heavy atom. The van der Waals surface area contributed by atoms with Gasteiger partial charge in [0.15, 0.2) is 5.16 Å². The van der Waals surface area contributed by atoms with Crippen LogP contribution in [0.2, 0.25) is 0 Å². The molecule has 2 aromatic rings. The molecular formula is C10H9IN2O2S. The van der Waals surface area contributed by atoms with Crippen molar-refractivity contribution < 1.29 is 9.90 Å². The van der Waals surface area contributed by atoms with E-state index in [1.54, 1.807) is 0 Å². The van der Waals surface area contributed by atoms with Gasteiger partial charge in [-0.1, -0.05) is 11.8 Å². The van der Waals surface area contributed by atoms with Crippen molar-refractivity contribution in [2.75, 3.05) is 5.75 Å². The number of rotatable bonds is 3. The highest BCUT2D eigenvalue weighted by Crippen LogP contribution is 2.23. The monoisotopic (exact) mass is 348 g/mol. The Kier molecular flexibility index (Phi) is 3.38. The van der Waals surface area contributed by atoms with Gasteiger partial charge in [0.2, 0.25) is 0 Å². The molecule has 2 rings (SSSR count). The molecule has 1 heterocycles. The molecule has 0 aliphatic rings. The summed E-state index contributed by atoms with van der Waals surface area (Å²) in [7, 11) is 1.90. The number of aromatic nitrogens is 2. The number of carboxylic acid groups (broad SMARTS) is 1. The van der Waals surface area contributed by atoms with Crippen LogP contribution in [0.5, 0.6) is 0 Å². The van der Waals surface area contributed by atoms with E-state index in [2.05, 4.69) is 27.6 Å². The zero-order chi connectivity index (χ0) is 11.7. The van der Waals surface area contributed by atoms with Crippen molar-refractivity contribution in [3.8, 4) is 0 Å². The molecule has 1 aromatic carbocycles. The fraction of sp³-hybridized carbons (Fsp3) is 0.200. The summed E-state index contributed by atoms with van der Waals surface area (Å²) in [5, 5.41) is 9.36. The molecule has 0 aliphatic carbocycles. The van der Waals surface area contributed by atoms with Crippen LogP contribution >= 0.6 is 34.4 Å². The fourth-order valence-electron chi connectivity index (χ4n) is 1.41. The standard InChI is InChI=1S/C10H9IN2O2S/c1-13-8-3-2-6(11)4-7(8)12-10(13)16-5-9(14)15/h2-4H,5H2,1H3,(H,14,15). The van der Waals surface area contributed by atoms with E-state index in [9.17, 15) is 4.79 Å². The number of carboxylic acids is 1. The highest BCUT2D eigenvalue weighted by atomic mass is 127. The molecule has 0 bridgehead atoms. The maximum atomic E-state index is 10.5. The quantitative estimate of drug-likeness (QED) is 0.684. The second-order valence-corrected chi connectivity index (χ2v) is 5.46. The highest BCUT2D eigenvalue weighted by molar-refractivity contribution is 14.1. The maximum absolute atomic E-state index is 10.5. The molecule has 1 N–H and O–H groups in total. The second-order valence-electron chi connectivity index (χ2n) is 3.27. The number of aliphatic carboxylic acids is 1. The SMILES string of the molecule is Cn1c(SCC(=O)O)nc2cc(I)ccc21. The highest BCUT2D eigenvalue weighted by Gasteiger charge is 2.09. The van der Waals surface area contributed by atoms with Crippen LogP contribution in [0.25, 0.3) is 11.0 Å². The molecule has 0 atom stereocenters. The van der Waals surface area contributed by atoms with Crippen LogP contribution in [0.3, 0.4) is 0 Å². The van der Waals surface area contributed by atoms with Crippen LogP contribution in [0, 0.1) is 3.57 Å². The van der Waals surface area contributed by atoms with E-state index in [1.807, 2.05) is 29.8 Å². The molecule has 0 radical (unpaired) electrons. The van der Waals surface area contributed by atoms with E-state index in [-0.39, 0.29) is 5.75 Å². The van der Waals surface area contributed by atoms with E-state index in [4.69, 9.17) is 5.11 Å². The van der Waals surface area contributed by atoms with E-state index in [1.165, 1.54) is 11.8 Å². The lowest BCUT2D eigenvalue weighted by atomic mass is 10.3. The van der Waals surface area contributed by atoms with Gasteiger partial charge >= 0.3 is 5.97 Å². The molecule has 16 heavy (non-hydrogen) atoms. The first kappa shape index (κ1) is 11.7. The van der Waals surface area contributed by atoms with E-state index < -0.39 is 5.97 Å². The number of imidazole rings is 1. The Labute approximate surface area is 110 Å². The van der Waals surface area contributed by atoms with Gasteiger partial charge in [0, 0.05) is 10.6 Å². The van der Waals surface area contributed by atoms with Crippen molar-refractivity contribution >= 4 is 51.4 Å². The van der Waals surface area contributed by atoms with E-state index in [0.29, 0.717) is 0 Å². The molecule has 1 aromatic heterocycles. The average molecular weight is 348 g/mol. The molecule has 0 fully saturated rings. The van der Waals surface area contributed by atoms with Crippen molar-refractivity contribution in [2.45, 2.75) is 5.16 Å². The molecule has 0 amide bonds. The molecule has 0 unspecified atom stereocenters. The molecule has 0 aliphatic heterocycles. The van der Waals surface area contributed by atoms with Gasteiger partial charge in [-0.05, 0) is 40.8 Å². The summed E-state index contributed by atoms with van der Waals surface area (Å²) in [6.07, 6.45) is 0. The van der Waals surface area contributed by atoms with Crippen LogP contribution in [-0.2, 0) is 11.8 Å². The summed E-state index contributed by atoms with van der Waals surface area (Å²) in [6, 6.07) is 5.99. The van der Waals surface area contributed by atoms with Crippen LogP contribution in [0.15, 0.2) is 23.4 Å². The van der Waals surface area contributed by atoms with Gasteiger partial charge in [0.05, 0.1) is 16.8 Å². The number of hydrogen-bond acceptors (Lipinski definition) is 3. The number of aryl methyl sites for hydroxylation is 1. The summed E-state index contributed by atoms with van der Waals surface area (Å²) in [5.74, 6) is -0.791. The second kappa shape index (κ2) is 4.62. The lowest BCUT2D eigenvalue weighted by Crippen LogP contribution is -2.00. The molecule has 4 nitrogen and oxygen atoms in total. The zero-order valence-corrected chi connectivity index (χ0v) is 11.4. The van der Waals surface area contributed by atoms with E-state index in [0.717, 1.165) is 19.8 Å². The Bertz CT molecular complexity index is 553. The molecule has 0 saturated heterocycles. The topological polar surface area (TPSA) is 55.1 Å². The molecule has 6 heteroatoms. The summed E-state index contributed by atoms with van der Waals surface area (Å²) in [4.78, 5) is 14.9. The number of hydrogen-bond donors (Lipinski definition) is 1. The van der Waals surface area contributed by atoms with Crippen LogP contribution < -0.4 is 0 Å². The first-order chi connectivity index (χ1) is 7.58. The van der Waals surface area contributed by atoms with Gasteiger partial charge < -0.3 is 9.67 Å². The smallest absolute Gasteiger partial charge is 0.313 e. The summed E-state index contributed by atoms with van der Waals surface area (Å²) >= 11 is 3.47. The van der Waals surface area contributed by atoms with E-state index >= 15 is 0 Å². The molecule has 0 spiro atoms. The molecular weight excluding hydrogens is 339 g/mol. The normalized spacial score (nSPS) is 10.9. The van der Waals surface area contributed by atoms with Crippen molar-refractivity contribution in [3.63, 3.8) is 0 Å². The predicted octanol–water partition coefficient (Wildman–Crippen LogP) is 2.35. The lowest BCUT2D eigenvalue weighted by molar-refractivity contribution is -0.133. The first-order valence-corrected chi connectivity index (χ1v) is 6.61. The largest absolute Gasteiger partial charge is 0.481 e. The molecule has 84 valence electrons. The number of benzene rings is 1. The van der Waals surface area contributed by atoms with Gasteiger partial charge in [-0.2, -0.15) is 0 Å². The number of halogens is 1. The zero-order valence-electron chi connectivity index (χ0n) is 8.48. The molecule has 0 saturated carbocycles.